The van der Waals surface area contributed by atoms with Gasteiger partial charge in [0.2, 0.25) is 0 Å². The van der Waals surface area contributed by atoms with Crippen LogP contribution >= 0.6 is 0 Å². The first-order valence-electron chi connectivity index (χ1n) is 6.03. The Kier molecular flexibility index (Phi) is 3.06. The zero-order valence-corrected chi connectivity index (χ0v) is 10.0. The van der Waals surface area contributed by atoms with Crippen LogP contribution in [0, 0.1) is 0 Å². The van der Waals surface area contributed by atoms with E-state index in [1.54, 1.807) is 6.20 Å². The fraction of sp³-hybridized carbons (Fsp3) is 0.231. The molecule has 0 saturated carbocycles. The molecule has 0 amide bonds. The third kappa shape index (κ3) is 2.41. The first-order chi connectivity index (χ1) is 8.92. The molecule has 0 radical (unpaired) electrons. The van der Waals surface area contributed by atoms with Gasteiger partial charge in [0.05, 0.1) is 5.69 Å². The van der Waals surface area contributed by atoms with Crippen molar-refractivity contribution in [2.75, 3.05) is 6.54 Å². The van der Waals surface area contributed by atoms with Crippen LogP contribution in [-0.4, -0.2) is 25.9 Å². The van der Waals surface area contributed by atoms with Crippen molar-refractivity contribution in [1.82, 2.24) is 24.7 Å². The summed E-state index contributed by atoms with van der Waals surface area (Å²) < 4.78 is 2.03. The minimum absolute atomic E-state index is 0.780. The van der Waals surface area contributed by atoms with Gasteiger partial charge in [-0.3, -0.25) is 0 Å². The second-order valence-electron chi connectivity index (χ2n) is 4.16. The van der Waals surface area contributed by atoms with Crippen molar-refractivity contribution >= 4 is 5.65 Å². The quantitative estimate of drug-likeness (QED) is 0.664. The van der Waals surface area contributed by atoms with Crippen molar-refractivity contribution in [3.8, 4) is 0 Å². The predicted octanol–water partition coefficient (Wildman–Crippen LogP) is 1.39. The lowest BCUT2D eigenvalue weighted by molar-refractivity contribution is 0.665. The SMILES string of the molecule is c1ccn2cc(CNCCc3ncc[nH]3)nc2c1. The lowest BCUT2D eigenvalue weighted by Gasteiger charge is -2.00. The summed E-state index contributed by atoms with van der Waals surface area (Å²) in [6.45, 7) is 1.67. The van der Waals surface area contributed by atoms with E-state index in [1.807, 2.05) is 35.0 Å². The van der Waals surface area contributed by atoms with Crippen LogP contribution in [0.15, 0.2) is 43.0 Å². The maximum atomic E-state index is 4.52. The average Bonchev–Trinajstić information content (AvgIpc) is 3.03. The number of pyridine rings is 1. The maximum absolute atomic E-state index is 4.52. The molecular weight excluding hydrogens is 226 g/mol. The smallest absolute Gasteiger partial charge is 0.137 e. The van der Waals surface area contributed by atoms with E-state index in [2.05, 4.69) is 26.5 Å². The zero-order valence-electron chi connectivity index (χ0n) is 10.0. The van der Waals surface area contributed by atoms with Gasteiger partial charge in [0, 0.05) is 44.3 Å². The molecule has 18 heavy (non-hydrogen) atoms. The molecule has 3 rings (SSSR count). The summed E-state index contributed by atoms with van der Waals surface area (Å²) in [5.74, 6) is 1.01. The van der Waals surface area contributed by atoms with E-state index in [0.717, 1.165) is 36.7 Å². The molecule has 0 unspecified atom stereocenters. The summed E-state index contributed by atoms with van der Waals surface area (Å²) in [6.07, 6.45) is 8.58. The molecule has 0 fully saturated rings. The van der Waals surface area contributed by atoms with Crippen LogP contribution in [0.5, 0.6) is 0 Å². The number of aromatic nitrogens is 4. The number of rotatable bonds is 5. The molecule has 2 N–H and O–H groups in total. The lowest BCUT2D eigenvalue weighted by Crippen LogP contribution is -2.17. The number of hydrogen-bond acceptors (Lipinski definition) is 3. The number of nitrogens with zero attached hydrogens (tertiary/aromatic N) is 3. The van der Waals surface area contributed by atoms with E-state index in [-0.39, 0.29) is 0 Å². The van der Waals surface area contributed by atoms with Crippen LogP contribution in [0.4, 0.5) is 0 Å². The normalized spacial score (nSPS) is 11.1. The van der Waals surface area contributed by atoms with Gasteiger partial charge in [0.25, 0.3) is 0 Å². The maximum Gasteiger partial charge on any atom is 0.137 e. The van der Waals surface area contributed by atoms with E-state index in [4.69, 9.17) is 0 Å². The summed E-state index contributed by atoms with van der Waals surface area (Å²) in [7, 11) is 0. The highest BCUT2D eigenvalue weighted by Crippen LogP contribution is 2.03. The molecule has 0 saturated heterocycles. The first-order valence-corrected chi connectivity index (χ1v) is 6.03. The minimum atomic E-state index is 0.780. The van der Waals surface area contributed by atoms with E-state index in [1.165, 1.54) is 0 Å². The highest BCUT2D eigenvalue weighted by molar-refractivity contribution is 5.39. The highest BCUT2D eigenvalue weighted by Gasteiger charge is 2.00. The molecule has 5 nitrogen and oxygen atoms in total. The third-order valence-corrected chi connectivity index (χ3v) is 2.81. The van der Waals surface area contributed by atoms with Gasteiger partial charge in [-0.25, -0.2) is 9.97 Å². The Bertz CT molecular complexity index is 578. The summed E-state index contributed by atoms with van der Waals surface area (Å²) >= 11 is 0. The van der Waals surface area contributed by atoms with Crippen LogP contribution in [0.1, 0.15) is 11.5 Å². The second-order valence-corrected chi connectivity index (χ2v) is 4.16. The summed E-state index contributed by atoms with van der Waals surface area (Å²) in [5, 5.41) is 3.37. The fourth-order valence-corrected chi connectivity index (χ4v) is 1.93. The van der Waals surface area contributed by atoms with Crippen LogP contribution in [0.25, 0.3) is 5.65 Å². The molecule has 0 spiro atoms. The van der Waals surface area contributed by atoms with Gasteiger partial charge in [0.1, 0.15) is 11.5 Å². The van der Waals surface area contributed by atoms with Gasteiger partial charge in [-0.15, -0.1) is 0 Å². The minimum Gasteiger partial charge on any atom is -0.349 e. The zero-order chi connectivity index (χ0) is 12.2. The number of H-pyrrole nitrogens is 1. The van der Waals surface area contributed by atoms with E-state index in [9.17, 15) is 0 Å². The molecule has 0 aromatic carbocycles. The number of imidazole rings is 2. The van der Waals surface area contributed by atoms with Gasteiger partial charge in [-0.05, 0) is 12.1 Å². The largest absolute Gasteiger partial charge is 0.349 e. The summed E-state index contributed by atoms with van der Waals surface area (Å²) in [6, 6.07) is 6.01. The predicted molar refractivity (Wildman–Crippen MR) is 69.2 cm³/mol. The molecule has 0 aliphatic carbocycles. The molecule has 0 bridgehead atoms. The van der Waals surface area contributed by atoms with Crippen molar-refractivity contribution in [3.05, 3.63) is 54.5 Å². The Hall–Kier alpha value is -2.14. The molecule has 3 heterocycles. The van der Waals surface area contributed by atoms with Gasteiger partial charge < -0.3 is 14.7 Å². The molecule has 0 aliphatic heterocycles. The molecule has 3 aromatic rings. The Balaban J connectivity index is 1.53. The first kappa shape index (κ1) is 11.0. The number of aromatic amines is 1. The number of nitrogens with one attached hydrogen (secondary N) is 2. The second kappa shape index (κ2) is 5.01. The van der Waals surface area contributed by atoms with E-state index >= 15 is 0 Å². The Morgan fingerprint density at radius 2 is 2.33 bits per heavy atom. The monoisotopic (exact) mass is 241 g/mol. The van der Waals surface area contributed by atoms with Gasteiger partial charge in [-0.1, -0.05) is 6.07 Å². The van der Waals surface area contributed by atoms with E-state index < -0.39 is 0 Å². The molecule has 0 atom stereocenters. The van der Waals surface area contributed by atoms with Crippen LogP contribution in [0.3, 0.4) is 0 Å². The van der Waals surface area contributed by atoms with Crippen LogP contribution in [-0.2, 0) is 13.0 Å². The molecule has 5 heteroatoms. The molecule has 0 aliphatic rings. The van der Waals surface area contributed by atoms with Gasteiger partial charge >= 0.3 is 0 Å². The molecule has 3 aromatic heterocycles. The van der Waals surface area contributed by atoms with Crippen LogP contribution in [0.2, 0.25) is 0 Å². The van der Waals surface area contributed by atoms with Gasteiger partial charge in [-0.2, -0.15) is 0 Å². The Morgan fingerprint density at radius 3 is 3.17 bits per heavy atom. The van der Waals surface area contributed by atoms with Crippen molar-refractivity contribution in [1.29, 1.82) is 0 Å². The van der Waals surface area contributed by atoms with Crippen molar-refractivity contribution < 1.29 is 0 Å². The number of fused-ring (bicyclic) bond motifs is 1. The molecular formula is C13H15N5. The Labute approximate surface area is 105 Å². The van der Waals surface area contributed by atoms with Gasteiger partial charge in [0.15, 0.2) is 0 Å². The standard InChI is InChI=1S/C13H15N5/c1-2-8-18-10-11(17-13(18)3-1)9-14-5-4-12-15-6-7-16-12/h1-3,6-8,10,14H,4-5,9H2,(H,15,16). The van der Waals surface area contributed by atoms with E-state index in [0.29, 0.717) is 0 Å². The van der Waals surface area contributed by atoms with Crippen molar-refractivity contribution in [2.45, 2.75) is 13.0 Å². The van der Waals surface area contributed by atoms with Crippen molar-refractivity contribution in [3.63, 3.8) is 0 Å². The molecule has 92 valence electrons. The summed E-state index contributed by atoms with van der Waals surface area (Å²) in [5.41, 5.74) is 2.04. The summed E-state index contributed by atoms with van der Waals surface area (Å²) in [4.78, 5) is 11.8. The highest BCUT2D eigenvalue weighted by atomic mass is 15.0. The van der Waals surface area contributed by atoms with Crippen LogP contribution < -0.4 is 5.32 Å². The lowest BCUT2D eigenvalue weighted by atomic mass is 10.4. The number of hydrogen-bond donors (Lipinski definition) is 2. The topological polar surface area (TPSA) is 58.0 Å². The Morgan fingerprint density at radius 1 is 1.33 bits per heavy atom. The average molecular weight is 241 g/mol. The fourth-order valence-electron chi connectivity index (χ4n) is 1.93. The van der Waals surface area contributed by atoms with Crippen molar-refractivity contribution in [2.24, 2.45) is 0 Å². The third-order valence-electron chi connectivity index (χ3n) is 2.81.